The van der Waals surface area contributed by atoms with E-state index < -0.39 is 0 Å². The van der Waals surface area contributed by atoms with Crippen LogP contribution in [0.1, 0.15) is 26.7 Å². The van der Waals surface area contributed by atoms with Gasteiger partial charge in [-0.25, -0.2) is 0 Å². The van der Waals surface area contributed by atoms with E-state index in [1.165, 1.54) is 32.5 Å². The van der Waals surface area contributed by atoms with Gasteiger partial charge in [0.25, 0.3) is 0 Å². The standard InChI is InChI=1S/C12H27N3/c1-4-5-12(13-3)11(2)10-15-8-6-14-7-9-15/h11-14H,4-10H2,1-3H3. The Labute approximate surface area is 94.6 Å². The number of nitrogens with zero attached hydrogens (tertiary/aromatic N) is 1. The van der Waals surface area contributed by atoms with Crippen molar-refractivity contribution in [1.29, 1.82) is 0 Å². The summed E-state index contributed by atoms with van der Waals surface area (Å²) in [5.74, 6) is 0.757. The lowest BCUT2D eigenvalue weighted by Crippen LogP contribution is -2.47. The molecular weight excluding hydrogens is 186 g/mol. The van der Waals surface area contributed by atoms with Crippen LogP contribution in [0.3, 0.4) is 0 Å². The van der Waals surface area contributed by atoms with Crippen LogP contribution in [0, 0.1) is 5.92 Å². The molecule has 3 nitrogen and oxygen atoms in total. The maximum absolute atomic E-state index is 3.45. The van der Waals surface area contributed by atoms with E-state index in [4.69, 9.17) is 0 Å². The molecule has 0 amide bonds. The van der Waals surface area contributed by atoms with Crippen LogP contribution in [-0.4, -0.2) is 50.7 Å². The molecular formula is C12H27N3. The van der Waals surface area contributed by atoms with Gasteiger partial charge in [0, 0.05) is 38.8 Å². The number of piperazine rings is 1. The van der Waals surface area contributed by atoms with Gasteiger partial charge in [0.1, 0.15) is 0 Å². The quantitative estimate of drug-likeness (QED) is 0.687. The van der Waals surface area contributed by atoms with Gasteiger partial charge in [-0.05, 0) is 19.4 Å². The second-order valence-corrected chi connectivity index (χ2v) is 4.71. The molecule has 0 aromatic heterocycles. The summed E-state index contributed by atoms with van der Waals surface area (Å²) in [4.78, 5) is 2.58. The lowest BCUT2D eigenvalue weighted by molar-refractivity contribution is 0.189. The van der Waals surface area contributed by atoms with Gasteiger partial charge in [0.2, 0.25) is 0 Å². The minimum atomic E-state index is 0.685. The second kappa shape index (κ2) is 7.20. The summed E-state index contributed by atoms with van der Waals surface area (Å²) in [5.41, 5.74) is 0. The van der Waals surface area contributed by atoms with Crippen molar-refractivity contribution in [2.45, 2.75) is 32.7 Å². The fourth-order valence-corrected chi connectivity index (χ4v) is 2.45. The van der Waals surface area contributed by atoms with Gasteiger partial charge in [-0.1, -0.05) is 20.3 Å². The van der Waals surface area contributed by atoms with Crippen LogP contribution in [0.25, 0.3) is 0 Å². The number of hydrogen-bond acceptors (Lipinski definition) is 3. The van der Waals surface area contributed by atoms with E-state index in [1.807, 2.05) is 0 Å². The van der Waals surface area contributed by atoms with Crippen LogP contribution < -0.4 is 10.6 Å². The Morgan fingerprint density at radius 3 is 2.53 bits per heavy atom. The van der Waals surface area contributed by atoms with Crippen molar-refractivity contribution in [2.24, 2.45) is 5.92 Å². The summed E-state index contributed by atoms with van der Waals surface area (Å²) in [6.07, 6.45) is 2.57. The maximum Gasteiger partial charge on any atom is 0.0107 e. The summed E-state index contributed by atoms with van der Waals surface area (Å²) in [6.45, 7) is 10.6. The van der Waals surface area contributed by atoms with E-state index in [0.717, 1.165) is 19.0 Å². The molecule has 1 heterocycles. The number of nitrogens with one attached hydrogen (secondary N) is 2. The largest absolute Gasteiger partial charge is 0.317 e. The van der Waals surface area contributed by atoms with Gasteiger partial charge in [-0.15, -0.1) is 0 Å². The highest BCUT2D eigenvalue weighted by Crippen LogP contribution is 2.11. The fraction of sp³-hybridized carbons (Fsp3) is 1.00. The summed E-state index contributed by atoms with van der Waals surface area (Å²) < 4.78 is 0. The molecule has 15 heavy (non-hydrogen) atoms. The molecule has 3 heteroatoms. The summed E-state index contributed by atoms with van der Waals surface area (Å²) >= 11 is 0. The van der Waals surface area contributed by atoms with Crippen LogP contribution in [-0.2, 0) is 0 Å². The Balaban J connectivity index is 2.27. The first-order chi connectivity index (χ1) is 7.27. The minimum absolute atomic E-state index is 0.685. The van der Waals surface area contributed by atoms with Gasteiger partial charge >= 0.3 is 0 Å². The number of hydrogen-bond donors (Lipinski definition) is 2. The molecule has 2 atom stereocenters. The van der Waals surface area contributed by atoms with E-state index in [2.05, 4.69) is 36.4 Å². The van der Waals surface area contributed by atoms with Crippen molar-refractivity contribution in [1.82, 2.24) is 15.5 Å². The van der Waals surface area contributed by atoms with E-state index >= 15 is 0 Å². The van der Waals surface area contributed by atoms with Crippen LogP contribution >= 0.6 is 0 Å². The fourth-order valence-electron chi connectivity index (χ4n) is 2.45. The maximum atomic E-state index is 3.45. The van der Waals surface area contributed by atoms with Crippen LogP contribution in [0.15, 0.2) is 0 Å². The molecule has 0 bridgehead atoms. The predicted octanol–water partition coefficient (Wildman–Crippen LogP) is 0.916. The molecule has 2 N–H and O–H groups in total. The normalized spacial score (nSPS) is 22.6. The molecule has 1 fully saturated rings. The number of rotatable bonds is 6. The third kappa shape index (κ3) is 4.49. The Morgan fingerprint density at radius 1 is 1.33 bits per heavy atom. The van der Waals surface area contributed by atoms with Gasteiger partial charge in [-0.3, -0.25) is 0 Å². The van der Waals surface area contributed by atoms with E-state index in [0.29, 0.717) is 6.04 Å². The Hall–Kier alpha value is -0.120. The van der Waals surface area contributed by atoms with Crippen molar-refractivity contribution in [3.63, 3.8) is 0 Å². The summed E-state index contributed by atoms with van der Waals surface area (Å²) in [7, 11) is 2.09. The van der Waals surface area contributed by atoms with Crippen LogP contribution in [0.2, 0.25) is 0 Å². The Morgan fingerprint density at radius 2 is 2.00 bits per heavy atom. The van der Waals surface area contributed by atoms with Gasteiger partial charge in [0.15, 0.2) is 0 Å². The molecule has 0 aliphatic carbocycles. The highest BCUT2D eigenvalue weighted by molar-refractivity contribution is 4.77. The topological polar surface area (TPSA) is 27.3 Å². The molecule has 0 saturated carbocycles. The summed E-state index contributed by atoms with van der Waals surface area (Å²) in [6, 6.07) is 0.685. The van der Waals surface area contributed by atoms with Crippen molar-refractivity contribution in [3.05, 3.63) is 0 Å². The Bertz CT molecular complexity index is 155. The van der Waals surface area contributed by atoms with E-state index in [9.17, 15) is 0 Å². The van der Waals surface area contributed by atoms with Crippen molar-refractivity contribution < 1.29 is 0 Å². The lowest BCUT2D eigenvalue weighted by atomic mass is 9.97. The van der Waals surface area contributed by atoms with Crippen molar-refractivity contribution >= 4 is 0 Å². The smallest absolute Gasteiger partial charge is 0.0107 e. The highest BCUT2D eigenvalue weighted by atomic mass is 15.2. The first-order valence-electron chi connectivity index (χ1n) is 6.38. The zero-order valence-electron chi connectivity index (χ0n) is 10.6. The molecule has 1 saturated heterocycles. The van der Waals surface area contributed by atoms with Gasteiger partial charge < -0.3 is 15.5 Å². The molecule has 1 aliphatic heterocycles. The molecule has 0 spiro atoms. The molecule has 0 aromatic carbocycles. The first kappa shape index (κ1) is 12.9. The first-order valence-corrected chi connectivity index (χ1v) is 6.38. The highest BCUT2D eigenvalue weighted by Gasteiger charge is 2.18. The average molecular weight is 213 g/mol. The summed E-state index contributed by atoms with van der Waals surface area (Å²) in [5, 5.41) is 6.85. The van der Waals surface area contributed by atoms with E-state index in [1.54, 1.807) is 0 Å². The molecule has 0 radical (unpaired) electrons. The third-order valence-electron chi connectivity index (χ3n) is 3.41. The molecule has 0 aromatic rings. The third-order valence-corrected chi connectivity index (χ3v) is 3.41. The predicted molar refractivity (Wildman–Crippen MR) is 66.2 cm³/mol. The zero-order valence-corrected chi connectivity index (χ0v) is 10.6. The zero-order chi connectivity index (χ0) is 11.1. The average Bonchev–Trinajstić information content (AvgIpc) is 2.27. The Kier molecular flexibility index (Phi) is 6.22. The SMILES string of the molecule is CCCC(NC)C(C)CN1CCNCC1. The van der Waals surface area contributed by atoms with Crippen molar-refractivity contribution in [3.8, 4) is 0 Å². The molecule has 90 valence electrons. The molecule has 1 aliphatic rings. The lowest BCUT2D eigenvalue weighted by Gasteiger charge is -2.32. The van der Waals surface area contributed by atoms with Gasteiger partial charge in [-0.2, -0.15) is 0 Å². The molecule has 2 unspecified atom stereocenters. The van der Waals surface area contributed by atoms with Gasteiger partial charge in [0.05, 0.1) is 0 Å². The van der Waals surface area contributed by atoms with Crippen LogP contribution in [0.4, 0.5) is 0 Å². The van der Waals surface area contributed by atoms with Crippen molar-refractivity contribution in [2.75, 3.05) is 39.8 Å². The second-order valence-electron chi connectivity index (χ2n) is 4.71. The monoisotopic (exact) mass is 213 g/mol. The van der Waals surface area contributed by atoms with E-state index in [-0.39, 0.29) is 0 Å². The van der Waals surface area contributed by atoms with Crippen LogP contribution in [0.5, 0.6) is 0 Å². The minimum Gasteiger partial charge on any atom is -0.317 e. The molecule has 1 rings (SSSR count).